The molecule has 0 aromatic heterocycles. The van der Waals surface area contributed by atoms with Crippen LogP contribution in [0.25, 0.3) is 0 Å². The van der Waals surface area contributed by atoms with Crippen LogP contribution in [-0.2, 0) is 0 Å². The first-order valence-electron chi connectivity index (χ1n) is 6.14. The molecule has 0 unspecified atom stereocenters. The predicted molar refractivity (Wildman–Crippen MR) is 61.4 cm³/mol. The van der Waals surface area contributed by atoms with E-state index < -0.39 is 6.09 Å². The highest BCUT2D eigenvalue weighted by Gasteiger charge is 2.28. The van der Waals surface area contributed by atoms with Crippen molar-refractivity contribution in [3.05, 3.63) is 0 Å². The first-order chi connectivity index (χ1) is 7.66. The van der Waals surface area contributed by atoms with Crippen LogP contribution in [-0.4, -0.2) is 59.3 Å². The van der Waals surface area contributed by atoms with Crippen LogP contribution >= 0.6 is 0 Å². The van der Waals surface area contributed by atoms with Crippen molar-refractivity contribution in [1.29, 1.82) is 0 Å². The minimum absolute atomic E-state index is 0.386. The molecule has 0 atom stereocenters. The Labute approximate surface area is 96.2 Å². The second-order valence-electron chi connectivity index (χ2n) is 4.87. The molecule has 5 heteroatoms. The molecule has 2 fully saturated rings. The fraction of sp³-hybridized carbons (Fsp3) is 0.909. The van der Waals surface area contributed by atoms with Crippen molar-refractivity contribution in [1.82, 2.24) is 9.80 Å². The first kappa shape index (κ1) is 11.7. The van der Waals surface area contributed by atoms with Crippen molar-refractivity contribution in [3.63, 3.8) is 0 Å². The minimum Gasteiger partial charge on any atom is -0.465 e. The van der Waals surface area contributed by atoms with Crippen LogP contribution in [0.3, 0.4) is 0 Å². The molecule has 2 aliphatic rings. The van der Waals surface area contributed by atoms with Gasteiger partial charge in [0, 0.05) is 38.3 Å². The van der Waals surface area contributed by atoms with Crippen molar-refractivity contribution in [2.75, 3.05) is 26.2 Å². The predicted octanol–water partition coefficient (Wildman–Crippen LogP) is 0.552. The highest BCUT2D eigenvalue weighted by molar-refractivity contribution is 5.65. The molecule has 0 aromatic carbocycles. The van der Waals surface area contributed by atoms with Crippen molar-refractivity contribution in [3.8, 4) is 0 Å². The van der Waals surface area contributed by atoms with Gasteiger partial charge in [-0.15, -0.1) is 0 Å². The average Bonchev–Trinajstić information content (AvgIpc) is 2.30. The molecule has 3 N–H and O–H groups in total. The number of nitrogens with two attached hydrogens (primary N) is 1. The standard InChI is InChI=1S/C11H21N3O2/c12-9-1-3-10(4-2-9)13-5-7-14(8-6-13)11(15)16/h9-10H,1-8,12H2,(H,15,16). The molecule has 0 spiro atoms. The molecule has 0 aromatic rings. The van der Waals surface area contributed by atoms with Crippen LogP contribution in [0.1, 0.15) is 25.7 Å². The summed E-state index contributed by atoms with van der Waals surface area (Å²) in [6.07, 6.45) is 3.79. The van der Waals surface area contributed by atoms with Gasteiger partial charge in [-0.2, -0.15) is 0 Å². The lowest BCUT2D eigenvalue weighted by Gasteiger charge is -2.40. The van der Waals surface area contributed by atoms with Gasteiger partial charge in [-0.25, -0.2) is 4.79 Å². The zero-order valence-corrected chi connectivity index (χ0v) is 9.64. The fourth-order valence-corrected chi connectivity index (χ4v) is 2.75. The van der Waals surface area contributed by atoms with E-state index in [4.69, 9.17) is 10.8 Å². The summed E-state index contributed by atoms with van der Waals surface area (Å²) in [5.41, 5.74) is 5.88. The summed E-state index contributed by atoms with van der Waals surface area (Å²) in [4.78, 5) is 14.7. The molecule has 5 nitrogen and oxygen atoms in total. The molecule has 16 heavy (non-hydrogen) atoms. The summed E-state index contributed by atoms with van der Waals surface area (Å²) in [6.45, 7) is 3.06. The lowest BCUT2D eigenvalue weighted by molar-refractivity contribution is 0.0714. The Morgan fingerprint density at radius 1 is 1.06 bits per heavy atom. The molecule has 0 radical (unpaired) electrons. The van der Waals surface area contributed by atoms with Gasteiger partial charge in [0.05, 0.1) is 0 Å². The smallest absolute Gasteiger partial charge is 0.407 e. The van der Waals surface area contributed by atoms with Crippen LogP contribution in [0, 0.1) is 0 Å². The summed E-state index contributed by atoms with van der Waals surface area (Å²) in [5.74, 6) is 0. The maximum absolute atomic E-state index is 10.8. The summed E-state index contributed by atoms with van der Waals surface area (Å²) in [7, 11) is 0. The number of hydrogen-bond acceptors (Lipinski definition) is 3. The molecule has 0 bridgehead atoms. The highest BCUT2D eigenvalue weighted by Crippen LogP contribution is 2.23. The van der Waals surface area contributed by atoms with E-state index >= 15 is 0 Å². The highest BCUT2D eigenvalue weighted by atomic mass is 16.4. The molecule has 2 rings (SSSR count). The van der Waals surface area contributed by atoms with Crippen LogP contribution in [0.2, 0.25) is 0 Å². The number of rotatable bonds is 1. The molecule has 1 saturated heterocycles. The van der Waals surface area contributed by atoms with E-state index in [1.54, 1.807) is 0 Å². The number of carbonyl (C=O) groups is 1. The number of amides is 1. The third-order valence-corrected chi connectivity index (χ3v) is 3.84. The Hall–Kier alpha value is -0.810. The maximum Gasteiger partial charge on any atom is 0.407 e. The third-order valence-electron chi connectivity index (χ3n) is 3.84. The molecule has 1 amide bonds. The normalized spacial score (nSPS) is 32.7. The van der Waals surface area contributed by atoms with E-state index in [2.05, 4.69) is 4.90 Å². The fourth-order valence-electron chi connectivity index (χ4n) is 2.75. The average molecular weight is 227 g/mol. The van der Waals surface area contributed by atoms with Gasteiger partial charge in [0.1, 0.15) is 0 Å². The molecule has 1 heterocycles. The van der Waals surface area contributed by atoms with E-state index in [1.165, 1.54) is 17.7 Å². The Kier molecular flexibility index (Phi) is 3.66. The van der Waals surface area contributed by atoms with Gasteiger partial charge >= 0.3 is 6.09 Å². The number of piperazine rings is 1. The topological polar surface area (TPSA) is 69.8 Å². The third kappa shape index (κ3) is 2.65. The minimum atomic E-state index is -0.787. The summed E-state index contributed by atoms with van der Waals surface area (Å²) < 4.78 is 0. The lowest BCUT2D eigenvalue weighted by atomic mass is 9.90. The van der Waals surface area contributed by atoms with E-state index in [0.717, 1.165) is 25.9 Å². The number of hydrogen-bond donors (Lipinski definition) is 2. The lowest BCUT2D eigenvalue weighted by Crippen LogP contribution is -2.52. The van der Waals surface area contributed by atoms with Crippen LogP contribution in [0.4, 0.5) is 4.79 Å². The SMILES string of the molecule is NC1CCC(N2CCN(C(=O)O)CC2)CC1. The Morgan fingerprint density at radius 2 is 1.62 bits per heavy atom. The zero-order chi connectivity index (χ0) is 11.5. The van der Waals surface area contributed by atoms with Gasteiger partial charge in [-0.1, -0.05) is 0 Å². The van der Waals surface area contributed by atoms with E-state index in [9.17, 15) is 4.79 Å². The van der Waals surface area contributed by atoms with Crippen molar-refractivity contribution in [2.24, 2.45) is 5.73 Å². The quantitative estimate of drug-likeness (QED) is 0.686. The number of nitrogens with zero attached hydrogens (tertiary/aromatic N) is 2. The van der Waals surface area contributed by atoms with Crippen LogP contribution < -0.4 is 5.73 Å². The van der Waals surface area contributed by atoms with Crippen molar-refractivity contribution >= 4 is 6.09 Å². The largest absolute Gasteiger partial charge is 0.465 e. The van der Waals surface area contributed by atoms with E-state index in [0.29, 0.717) is 25.2 Å². The Balaban J connectivity index is 1.78. The van der Waals surface area contributed by atoms with Gasteiger partial charge < -0.3 is 15.7 Å². The Morgan fingerprint density at radius 3 is 2.12 bits per heavy atom. The molecule has 1 aliphatic heterocycles. The second kappa shape index (κ2) is 5.01. The van der Waals surface area contributed by atoms with E-state index in [-0.39, 0.29) is 0 Å². The molecular formula is C11H21N3O2. The molecule has 92 valence electrons. The zero-order valence-electron chi connectivity index (χ0n) is 9.64. The van der Waals surface area contributed by atoms with Crippen LogP contribution in [0.15, 0.2) is 0 Å². The van der Waals surface area contributed by atoms with Crippen molar-refractivity contribution < 1.29 is 9.90 Å². The Bertz CT molecular complexity index is 244. The van der Waals surface area contributed by atoms with Gasteiger partial charge in [0.25, 0.3) is 0 Å². The van der Waals surface area contributed by atoms with Gasteiger partial charge in [0.15, 0.2) is 0 Å². The van der Waals surface area contributed by atoms with Gasteiger partial charge in [-0.05, 0) is 25.7 Å². The van der Waals surface area contributed by atoms with Crippen molar-refractivity contribution in [2.45, 2.75) is 37.8 Å². The van der Waals surface area contributed by atoms with Crippen LogP contribution in [0.5, 0.6) is 0 Å². The van der Waals surface area contributed by atoms with Gasteiger partial charge in [0.2, 0.25) is 0 Å². The summed E-state index contributed by atoms with van der Waals surface area (Å²) >= 11 is 0. The monoisotopic (exact) mass is 227 g/mol. The van der Waals surface area contributed by atoms with E-state index in [1.807, 2.05) is 0 Å². The first-order valence-corrected chi connectivity index (χ1v) is 6.14. The molecule has 1 aliphatic carbocycles. The number of carboxylic acid groups (broad SMARTS) is 1. The summed E-state index contributed by atoms with van der Waals surface area (Å²) in [5, 5.41) is 8.86. The van der Waals surface area contributed by atoms with Gasteiger partial charge in [-0.3, -0.25) is 4.90 Å². The second-order valence-corrected chi connectivity index (χ2v) is 4.87. The molecule has 1 saturated carbocycles. The molecular weight excluding hydrogens is 206 g/mol. The summed E-state index contributed by atoms with van der Waals surface area (Å²) in [6, 6.07) is 1.02. The maximum atomic E-state index is 10.8.